The van der Waals surface area contributed by atoms with E-state index >= 15 is 0 Å². The highest BCUT2D eigenvalue weighted by molar-refractivity contribution is 5.92. The van der Waals surface area contributed by atoms with Crippen molar-refractivity contribution in [2.24, 2.45) is 0 Å². The number of aromatic nitrogens is 3. The average Bonchev–Trinajstić information content (AvgIpc) is 3.14. The summed E-state index contributed by atoms with van der Waals surface area (Å²) in [6, 6.07) is 20.1. The van der Waals surface area contributed by atoms with Gasteiger partial charge in [-0.05, 0) is 40.5 Å². The van der Waals surface area contributed by atoms with Crippen LogP contribution >= 0.6 is 0 Å². The first-order valence-corrected chi connectivity index (χ1v) is 8.96. The first kappa shape index (κ1) is 17.0. The lowest BCUT2D eigenvalue weighted by Gasteiger charge is -2.05. The summed E-state index contributed by atoms with van der Waals surface area (Å²) in [5, 5.41) is 9.62. The standard InChI is InChI=1S/C22H20N4O/c27-22(16-18-5-6-19-3-1-2-4-20(19)15-18)24-21-10-14-26(25-21)13-9-17-7-11-23-12-8-17/h1-8,10-12,14-15H,9,13,16H2,(H,24,25,27). The molecule has 2 aromatic heterocycles. The van der Waals surface area contributed by atoms with Gasteiger partial charge in [-0.1, -0.05) is 42.5 Å². The summed E-state index contributed by atoms with van der Waals surface area (Å²) < 4.78 is 1.84. The molecule has 0 aliphatic heterocycles. The van der Waals surface area contributed by atoms with Gasteiger partial charge in [-0.3, -0.25) is 14.5 Å². The molecule has 5 heteroatoms. The summed E-state index contributed by atoms with van der Waals surface area (Å²) in [6.07, 6.45) is 6.66. The van der Waals surface area contributed by atoms with Gasteiger partial charge in [0.05, 0.1) is 6.42 Å². The second-order valence-corrected chi connectivity index (χ2v) is 6.48. The Bertz CT molecular complexity index is 1060. The van der Waals surface area contributed by atoms with Crippen molar-refractivity contribution in [1.29, 1.82) is 0 Å². The zero-order chi connectivity index (χ0) is 18.5. The largest absolute Gasteiger partial charge is 0.309 e. The van der Waals surface area contributed by atoms with Gasteiger partial charge < -0.3 is 5.32 Å². The Balaban J connectivity index is 1.34. The number of carbonyl (C=O) groups is 1. The van der Waals surface area contributed by atoms with Gasteiger partial charge >= 0.3 is 0 Å². The number of hydrogen-bond donors (Lipinski definition) is 1. The number of hydrogen-bond acceptors (Lipinski definition) is 3. The number of amides is 1. The smallest absolute Gasteiger partial charge is 0.229 e. The van der Waals surface area contributed by atoms with E-state index in [1.807, 2.05) is 53.3 Å². The van der Waals surface area contributed by atoms with Gasteiger partial charge in [0.1, 0.15) is 0 Å². The molecule has 0 aliphatic carbocycles. The van der Waals surface area contributed by atoms with Crippen LogP contribution < -0.4 is 5.32 Å². The van der Waals surface area contributed by atoms with Crippen LogP contribution in [-0.4, -0.2) is 20.7 Å². The fourth-order valence-electron chi connectivity index (χ4n) is 3.07. The SMILES string of the molecule is O=C(Cc1ccc2ccccc2c1)Nc1ccn(CCc2ccncc2)n1. The molecule has 4 rings (SSSR count). The van der Waals surface area contributed by atoms with Gasteiger partial charge in [-0.25, -0.2) is 0 Å². The minimum Gasteiger partial charge on any atom is -0.309 e. The highest BCUT2D eigenvalue weighted by Crippen LogP contribution is 2.16. The third-order valence-corrected chi connectivity index (χ3v) is 4.47. The Morgan fingerprint density at radius 3 is 2.59 bits per heavy atom. The molecule has 1 N–H and O–H groups in total. The van der Waals surface area contributed by atoms with Gasteiger partial charge in [0.25, 0.3) is 0 Å². The molecule has 0 aliphatic rings. The predicted octanol–water partition coefficient (Wildman–Crippen LogP) is 3.86. The molecule has 1 amide bonds. The van der Waals surface area contributed by atoms with E-state index < -0.39 is 0 Å². The van der Waals surface area contributed by atoms with E-state index in [9.17, 15) is 4.79 Å². The normalized spacial score (nSPS) is 10.8. The lowest BCUT2D eigenvalue weighted by Crippen LogP contribution is -2.15. The highest BCUT2D eigenvalue weighted by Gasteiger charge is 2.07. The molecule has 0 unspecified atom stereocenters. The first-order valence-electron chi connectivity index (χ1n) is 8.96. The summed E-state index contributed by atoms with van der Waals surface area (Å²) in [6.45, 7) is 0.755. The molecule has 0 bridgehead atoms. The van der Waals surface area contributed by atoms with Crippen molar-refractivity contribution >= 4 is 22.5 Å². The topological polar surface area (TPSA) is 59.8 Å². The number of benzene rings is 2. The summed E-state index contributed by atoms with van der Waals surface area (Å²) in [5.74, 6) is 0.514. The number of nitrogens with one attached hydrogen (secondary N) is 1. The number of anilines is 1. The summed E-state index contributed by atoms with van der Waals surface area (Å²) in [5.41, 5.74) is 2.20. The molecule has 5 nitrogen and oxygen atoms in total. The number of rotatable bonds is 6. The van der Waals surface area contributed by atoms with E-state index in [0.717, 1.165) is 23.9 Å². The molecule has 0 fully saturated rings. The second kappa shape index (κ2) is 7.83. The number of carbonyl (C=O) groups excluding carboxylic acids is 1. The molecule has 0 radical (unpaired) electrons. The van der Waals surface area contributed by atoms with Crippen LogP contribution in [-0.2, 0) is 24.2 Å². The maximum Gasteiger partial charge on any atom is 0.229 e. The molecular formula is C22H20N4O. The van der Waals surface area contributed by atoms with Gasteiger partial charge in [-0.2, -0.15) is 5.10 Å². The molecule has 2 heterocycles. The molecule has 2 aromatic carbocycles. The van der Waals surface area contributed by atoms with E-state index in [1.54, 1.807) is 12.4 Å². The third-order valence-electron chi connectivity index (χ3n) is 4.47. The molecule has 0 saturated carbocycles. The number of aryl methyl sites for hydroxylation is 2. The Kier molecular flexibility index (Phi) is 4.92. The lowest BCUT2D eigenvalue weighted by atomic mass is 10.1. The molecular weight excluding hydrogens is 336 g/mol. The van der Waals surface area contributed by atoms with E-state index in [1.165, 1.54) is 10.9 Å². The van der Waals surface area contributed by atoms with Gasteiger partial charge in [-0.15, -0.1) is 0 Å². The monoisotopic (exact) mass is 356 g/mol. The number of nitrogens with zero attached hydrogens (tertiary/aromatic N) is 3. The van der Waals surface area contributed by atoms with E-state index in [4.69, 9.17) is 0 Å². The Labute approximate surface area is 157 Å². The Morgan fingerprint density at radius 2 is 1.74 bits per heavy atom. The van der Waals surface area contributed by atoms with Crippen LogP contribution in [0.5, 0.6) is 0 Å². The van der Waals surface area contributed by atoms with E-state index in [0.29, 0.717) is 12.2 Å². The van der Waals surface area contributed by atoms with Crippen LogP contribution in [0, 0.1) is 0 Å². The maximum atomic E-state index is 12.3. The highest BCUT2D eigenvalue weighted by atomic mass is 16.1. The van der Waals surface area contributed by atoms with Crippen molar-refractivity contribution in [3.05, 3.63) is 90.4 Å². The van der Waals surface area contributed by atoms with Crippen LogP contribution in [0.3, 0.4) is 0 Å². The molecule has 0 spiro atoms. The quantitative estimate of drug-likeness (QED) is 0.571. The van der Waals surface area contributed by atoms with Crippen molar-refractivity contribution in [3.63, 3.8) is 0 Å². The maximum absolute atomic E-state index is 12.3. The molecule has 0 saturated heterocycles. The van der Waals surface area contributed by atoms with Gasteiger partial charge in [0.2, 0.25) is 5.91 Å². The van der Waals surface area contributed by atoms with Crippen molar-refractivity contribution in [2.45, 2.75) is 19.4 Å². The van der Waals surface area contributed by atoms with Crippen LogP contribution in [0.4, 0.5) is 5.82 Å². The number of pyridine rings is 1. The number of fused-ring (bicyclic) bond motifs is 1. The van der Waals surface area contributed by atoms with Crippen molar-refractivity contribution in [1.82, 2.24) is 14.8 Å². The molecule has 134 valence electrons. The van der Waals surface area contributed by atoms with Gasteiger partial charge in [0.15, 0.2) is 5.82 Å². The molecule has 4 aromatic rings. The van der Waals surface area contributed by atoms with E-state index in [2.05, 4.69) is 33.6 Å². The van der Waals surface area contributed by atoms with Crippen LogP contribution in [0.2, 0.25) is 0 Å². The first-order chi connectivity index (χ1) is 13.3. The molecule has 0 atom stereocenters. The van der Waals surface area contributed by atoms with Crippen LogP contribution in [0.1, 0.15) is 11.1 Å². The van der Waals surface area contributed by atoms with Crippen molar-refractivity contribution in [2.75, 3.05) is 5.32 Å². The minimum atomic E-state index is -0.0651. The summed E-state index contributed by atoms with van der Waals surface area (Å²) >= 11 is 0. The predicted molar refractivity (Wildman–Crippen MR) is 106 cm³/mol. The Hall–Kier alpha value is -3.47. The zero-order valence-electron chi connectivity index (χ0n) is 14.9. The van der Waals surface area contributed by atoms with Crippen LogP contribution in [0.15, 0.2) is 79.3 Å². The van der Waals surface area contributed by atoms with Crippen molar-refractivity contribution < 1.29 is 4.79 Å². The van der Waals surface area contributed by atoms with Crippen molar-refractivity contribution in [3.8, 4) is 0 Å². The fourth-order valence-corrected chi connectivity index (χ4v) is 3.07. The molecule has 27 heavy (non-hydrogen) atoms. The zero-order valence-corrected chi connectivity index (χ0v) is 14.9. The summed E-state index contributed by atoms with van der Waals surface area (Å²) in [7, 11) is 0. The lowest BCUT2D eigenvalue weighted by molar-refractivity contribution is -0.115. The summed E-state index contributed by atoms with van der Waals surface area (Å²) in [4.78, 5) is 16.4. The van der Waals surface area contributed by atoms with Gasteiger partial charge in [0, 0.05) is 31.2 Å². The average molecular weight is 356 g/mol. The Morgan fingerprint density at radius 1 is 0.926 bits per heavy atom. The second-order valence-electron chi connectivity index (χ2n) is 6.48. The minimum absolute atomic E-state index is 0.0651. The third kappa shape index (κ3) is 4.39. The van der Waals surface area contributed by atoms with E-state index in [-0.39, 0.29) is 5.91 Å². The van der Waals surface area contributed by atoms with Crippen LogP contribution in [0.25, 0.3) is 10.8 Å². The fraction of sp³-hybridized carbons (Fsp3) is 0.136.